The number of anilines is 3. The van der Waals surface area contributed by atoms with Crippen LogP contribution in [-0.4, -0.2) is 20.4 Å². The van der Waals surface area contributed by atoms with Crippen LogP contribution in [0.2, 0.25) is 0 Å². The van der Waals surface area contributed by atoms with Crippen molar-refractivity contribution in [1.29, 1.82) is 0 Å². The minimum Gasteiger partial charge on any atom is -0.382 e. The molecule has 2 aromatic rings. The van der Waals surface area contributed by atoms with Gasteiger partial charge in [0.05, 0.1) is 11.3 Å². The van der Waals surface area contributed by atoms with Gasteiger partial charge < -0.3 is 10.6 Å². The standard InChI is InChI=1S/C20H23N3O3S/c24-20-13-14-12-18(10-11-19(14)22-20)27(25,26)23-17-8-6-16(7-9-17)21-15-4-2-1-3-5-15/h6-12,15,21,23H,1-5,13H2,(H,22,24). The Morgan fingerprint density at radius 3 is 2.37 bits per heavy atom. The molecule has 0 aromatic heterocycles. The van der Waals surface area contributed by atoms with Crippen LogP contribution >= 0.6 is 0 Å². The molecule has 0 atom stereocenters. The molecule has 1 aliphatic carbocycles. The van der Waals surface area contributed by atoms with Crippen LogP contribution in [0.5, 0.6) is 0 Å². The van der Waals surface area contributed by atoms with Gasteiger partial charge in [-0.15, -0.1) is 0 Å². The zero-order valence-electron chi connectivity index (χ0n) is 15.0. The number of fused-ring (bicyclic) bond motifs is 1. The van der Waals surface area contributed by atoms with Crippen molar-refractivity contribution in [2.75, 3.05) is 15.4 Å². The van der Waals surface area contributed by atoms with Gasteiger partial charge in [-0.2, -0.15) is 0 Å². The van der Waals surface area contributed by atoms with Crippen molar-refractivity contribution < 1.29 is 13.2 Å². The van der Waals surface area contributed by atoms with E-state index in [-0.39, 0.29) is 17.2 Å². The fourth-order valence-corrected chi connectivity index (χ4v) is 4.81. The second-order valence-corrected chi connectivity index (χ2v) is 8.89. The van der Waals surface area contributed by atoms with E-state index in [0.29, 0.717) is 23.0 Å². The normalized spacial score (nSPS) is 17.3. The van der Waals surface area contributed by atoms with Crippen molar-refractivity contribution in [2.24, 2.45) is 0 Å². The molecular formula is C20H23N3O3S. The second kappa shape index (κ2) is 7.23. The van der Waals surface area contributed by atoms with E-state index < -0.39 is 10.0 Å². The van der Waals surface area contributed by atoms with Gasteiger partial charge in [0.2, 0.25) is 5.91 Å². The number of sulfonamides is 1. The Hall–Kier alpha value is -2.54. The average molecular weight is 385 g/mol. The summed E-state index contributed by atoms with van der Waals surface area (Å²) in [7, 11) is -3.70. The smallest absolute Gasteiger partial charge is 0.261 e. The van der Waals surface area contributed by atoms with E-state index in [1.165, 1.54) is 38.2 Å². The first-order valence-corrected chi connectivity index (χ1v) is 10.8. The number of rotatable bonds is 5. The van der Waals surface area contributed by atoms with Gasteiger partial charge in [-0.1, -0.05) is 19.3 Å². The van der Waals surface area contributed by atoms with E-state index in [4.69, 9.17) is 0 Å². The molecular weight excluding hydrogens is 362 g/mol. The van der Waals surface area contributed by atoms with Crippen LogP contribution in [-0.2, 0) is 21.2 Å². The third-order valence-electron chi connectivity index (χ3n) is 5.13. The van der Waals surface area contributed by atoms with Gasteiger partial charge in [-0.25, -0.2) is 8.42 Å². The monoisotopic (exact) mass is 385 g/mol. The topological polar surface area (TPSA) is 87.3 Å². The molecule has 1 fully saturated rings. The summed E-state index contributed by atoms with van der Waals surface area (Å²) in [5.41, 5.74) is 2.90. The second-order valence-electron chi connectivity index (χ2n) is 7.21. The summed E-state index contributed by atoms with van der Waals surface area (Å²) < 4.78 is 27.9. The third kappa shape index (κ3) is 4.08. The van der Waals surface area contributed by atoms with E-state index in [9.17, 15) is 13.2 Å². The summed E-state index contributed by atoms with van der Waals surface area (Å²) in [5, 5.41) is 6.22. The molecule has 0 saturated heterocycles. The molecule has 27 heavy (non-hydrogen) atoms. The molecule has 7 heteroatoms. The maximum absolute atomic E-state index is 12.7. The van der Waals surface area contributed by atoms with Gasteiger partial charge >= 0.3 is 0 Å². The highest BCUT2D eigenvalue weighted by Gasteiger charge is 2.22. The third-order valence-corrected chi connectivity index (χ3v) is 6.50. The molecule has 1 saturated carbocycles. The molecule has 0 unspecified atom stereocenters. The fraction of sp³-hybridized carbons (Fsp3) is 0.350. The number of hydrogen-bond acceptors (Lipinski definition) is 4. The summed E-state index contributed by atoms with van der Waals surface area (Å²) in [6.07, 6.45) is 6.41. The first-order chi connectivity index (χ1) is 13.0. The lowest BCUT2D eigenvalue weighted by molar-refractivity contribution is -0.115. The van der Waals surface area contributed by atoms with Crippen LogP contribution in [0.15, 0.2) is 47.4 Å². The van der Waals surface area contributed by atoms with Gasteiger partial charge in [0.1, 0.15) is 0 Å². The molecule has 0 radical (unpaired) electrons. The lowest BCUT2D eigenvalue weighted by Crippen LogP contribution is -2.22. The highest BCUT2D eigenvalue weighted by Crippen LogP contribution is 2.27. The maximum Gasteiger partial charge on any atom is 0.261 e. The number of amides is 1. The fourth-order valence-electron chi connectivity index (χ4n) is 3.70. The van der Waals surface area contributed by atoms with E-state index in [0.717, 1.165) is 5.69 Å². The minimum absolute atomic E-state index is 0.117. The van der Waals surface area contributed by atoms with Crippen molar-refractivity contribution >= 4 is 33.0 Å². The van der Waals surface area contributed by atoms with E-state index in [2.05, 4.69) is 15.4 Å². The Morgan fingerprint density at radius 1 is 0.926 bits per heavy atom. The Morgan fingerprint density at radius 2 is 1.63 bits per heavy atom. The van der Waals surface area contributed by atoms with Gasteiger partial charge in [0, 0.05) is 23.1 Å². The lowest BCUT2D eigenvalue weighted by Gasteiger charge is -2.24. The highest BCUT2D eigenvalue weighted by atomic mass is 32.2. The molecule has 0 spiro atoms. The summed E-state index contributed by atoms with van der Waals surface area (Å²) >= 11 is 0. The molecule has 1 aliphatic heterocycles. The van der Waals surface area contributed by atoms with Crippen molar-refractivity contribution in [3.8, 4) is 0 Å². The van der Waals surface area contributed by atoms with Gasteiger partial charge in [0.25, 0.3) is 10.0 Å². The number of carbonyl (C=O) groups excluding carboxylic acids is 1. The Balaban J connectivity index is 1.45. The van der Waals surface area contributed by atoms with Crippen LogP contribution in [0, 0.1) is 0 Å². The average Bonchev–Trinajstić information content (AvgIpc) is 3.03. The number of nitrogens with one attached hydrogen (secondary N) is 3. The van der Waals surface area contributed by atoms with Crippen LogP contribution in [0.4, 0.5) is 17.1 Å². The molecule has 2 aliphatic rings. The minimum atomic E-state index is -3.70. The SMILES string of the molecule is O=C1Cc2cc(S(=O)(=O)Nc3ccc(NC4CCCCC4)cc3)ccc2N1. The van der Waals surface area contributed by atoms with Crippen LogP contribution in [0.3, 0.4) is 0 Å². The highest BCUT2D eigenvalue weighted by molar-refractivity contribution is 7.92. The van der Waals surface area contributed by atoms with E-state index in [1.54, 1.807) is 24.3 Å². The van der Waals surface area contributed by atoms with Crippen molar-refractivity contribution in [3.05, 3.63) is 48.0 Å². The lowest BCUT2D eigenvalue weighted by atomic mass is 9.95. The summed E-state index contributed by atoms with van der Waals surface area (Å²) in [4.78, 5) is 11.6. The molecule has 142 valence electrons. The summed E-state index contributed by atoms with van der Waals surface area (Å²) in [6.45, 7) is 0. The zero-order valence-corrected chi connectivity index (χ0v) is 15.8. The molecule has 6 nitrogen and oxygen atoms in total. The van der Waals surface area contributed by atoms with E-state index >= 15 is 0 Å². The van der Waals surface area contributed by atoms with Gasteiger partial charge in [-0.05, 0) is 60.9 Å². The largest absolute Gasteiger partial charge is 0.382 e. The van der Waals surface area contributed by atoms with E-state index in [1.807, 2.05) is 12.1 Å². The maximum atomic E-state index is 12.7. The Bertz CT molecular complexity index is 949. The number of benzene rings is 2. The first-order valence-electron chi connectivity index (χ1n) is 9.32. The molecule has 0 bridgehead atoms. The van der Waals surface area contributed by atoms with Gasteiger partial charge in [0.15, 0.2) is 0 Å². The Kier molecular flexibility index (Phi) is 4.78. The number of hydrogen-bond donors (Lipinski definition) is 3. The summed E-state index contributed by atoms with van der Waals surface area (Å²) in [5.74, 6) is -0.117. The molecule has 3 N–H and O–H groups in total. The Labute approximate surface area is 159 Å². The first kappa shape index (κ1) is 17.9. The zero-order chi connectivity index (χ0) is 18.9. The molecule has 1 heterocycles. The quantitative estimate of drug-likeness (QED) is 0.732. The molecule has 4 rings (SSSR count). The molecule has 1 amide bonds. The van der Waals surface area contributed by atoms with Crippen molar-refractivity contribution in [1.82, 2.24) is 0 Å². The van der Waals surface area contributed by atoms with Crippen molar-refractivity contribution in [3.63, 3.8) is 0 Å². The van der Waals surface area contributed by atoms with Crippen molar-refractivity contribution in [2.45, 2.75) is 49.5 Å². The van der Waals surface area contributed by atoms with Crippen LogP contribution in [0.25, 0.3) is 0 Å². The predicted octanol–water partition coefficient (Wildman–Crippen LogP) is 3.73. The van der Waals surface area contributed by atoms with Gasteiger partial charge in [-0.3, -0.25) is 9.52 Å². The number of carbonyl (C=O) groups is 1. The predicted molar refractivity (Wildman–Crippen MR) is 107 cm³/mol. The van der Waals surface area contributed by atoms with Crippen LogP contribution in [0.1, 0.15) is 37.7 Å². The summed E-state index contributed by atoms with van der Waals surface area (Å²) in [6, 6.07) is 12.5. The molecule has 2 aromatic carbocycles. The van der Waals surface area contributed by atoms with Crippen LogP contribution < -0.4 is 15.4 Å².